The quantitative estimate of drug-likeness (QED) is 0.767. The summed E-state index contributed by atoms with van der Waals surface area (Å²) >= 11 is 0. The highest BCUT2D eigenvalue weighted by Crippen LogP contribution is 2.21. The minimum atomic E-state index is 0.453. The third-order valence-corrected chi connectivity index (χ3v) is 3.18. The van der Waals surface area contributed by atoms with Crippen LogP contribution >= 0.6 is 0 Å². The van der Waals surface area contributed by atoms with Crippen molar-refractivity contribution in [2.45, 2.75) is 32.3 Å². The predicted molar refractivity (Wildman–Crippen MR) is 67.7 cm³/mol. The van der Waals surface area contributed by atoms with E-state index in [9.17, 15) is 0 Å². The Morgan fingerprint density at radius 3 is 3.12 bits per heavy atom. The Labute approximate surface area is 97.0 Å². The van der Waals surface area contributed by atoms with Gasteiger partial charge >= 0.3 is 0 Å². The highest BCUT2D eigenvalue weighted by atomic mass is 16.5. The molecule has 0 amide bonds. The van der Waals surface area contributed by atoms with E-state index in [1.54, 1.807) is 0 Å². The number of nitrogens with two attached hydrogens (primary N) is 1. The number of nitrogens with one attached hydrogen (secondary N) is 1. The molecule has 1 saturated heterocycles. The van der Waals surface area contributed by atoms with E-state index in [1.165, 1.54) is 12.8 Å². The summed E-state index contributed by atoms with van der Waals surface area (Å²) in [6.45, 7) is 3.93. The van der Waals surface area contributed by atoms with Crippen LogP contribution in [0.1, 0.15) is 24.8 Å². The van der Waals surface area contributed by atoms with Crippen molar-refractivity contribution in [3.8, 4) is 0 Å². The SMILES string of the molecule is Cc1c(N)cccc1NCCC1CCCO1. The van der Waals surface area contributed by atoms with E-state index < -0.39 is 0 Å². The molecule has 2 rings (SSSR count). The molecule has 0 radical (unpaired) electrons. The largest absolute Gasteiger partial charge is 0.398 e. The molecule has 3 heteroatoms. The first kappa shape index (κ1) is 11.3. The van der Waals surface area contributed by atoms with E-state index in [2.05, 4.69) is 11.4 Å². The Hall–Kier alpha value is -1.22. The monoisotopic (exact) mass is 220 g/mol. The summed E-state index contributed by atoms with van der Waals surface area (Å²) in [6.07, 6.45) is 3.95. The maximum absolute atomic E-state index is 5.85. The molecule has 1 aromatic rings. The second-order valence-corrected chi connectivity index (χ2v) is 4.37. The summed E-state index contributed by atoms with van der Waals surface area (Å²) in [5, 5.41) is 3.42. The van der Waals surface area contributed by atoms with Gasteiger partial charge in [-0.25, -0.2) is 0 Å². The highest BCUT2D eigenvalue weighted by Gasteiger charge is 2.14. The lowest BCUT2D eigenvalue weighted by Gasteiger charge is -2.13. The summed E-state index contributed by atoms with van der Waals surface area (Å²) in [7, 11) is 0. The summed E-state index contributed by atoms with van der Waals surface area (Å²) in [5.41, 5.74) is 8.97. The molecule has 1 aromatic carbocycles. The molecule has 0 spiro atoms. The van der Waals surface area contributed by atoms with E-state index in [-0.39, 0.29) is 0 Å². The number of anilines is 2. The average Bonchev–Trinajstić information content (AvgIpc) is 2.77. The third-order valence-electron chi connectivity index (χ3n) is 3.18. The molecule has 16 heavy (non-hydrogen) atoms. The van der Waals surface area contributed by atoms with Gasteiger partial charge in [-0.3, -0.25) is 0 Å². The van der Waals surface area contributed by atoms with Crippen molar-refractivity contribution < 1.29 is 4.74 Å². The van der Waals surface area contributed by atoms with Crippen molar-refractivity contribution >= 4 is 11.4 Å². The first-order chi connectivity index (χ1) is 7.77. The van der Waals surface area contributed by atoms with Crippen LogP contribution in [-0.4, -0.2) is 19.3 Å². The molecule has 1 fully saturated rings. The third kappa shape index (κ3) is 2.67. The Morgan fingerprint density at radius 1 is 1.50 bits per heavy atom. The lowest BCUT2D eigenvalue weighted by atomic mass is 10.1. The van der Waals surface area contributed by atoms with Gasteiger partial charge in [0.1, 0.15) is 0 Å². The first-order valence-electron chi connectivity index (χ1n) is 5.98. The summed E-state index contributed by atoms with van der Waals surface area (Å²) in [5.74, 6) is 0. The smallest absolute Gasteiger partial charge is 0.0592 e. The summed E-state index contributed by atoms with van der Waals surface area (Å²) in [4.78, 5) is 0. The topological polar surface area (TPSA) is 47.3 Å². The number of ether oxygens (including phenoxy) is 1. The summed E-state index contributed by atoms with van der Waals surface area (Å²) in [6, 6.07) is 5.98. The zero-order chi connectivity index (χ0) is 11.4. The molecule has 0 saturated carbocycles. The lowest BCUT2D eigenvalue weighted by molar-refractivity contribution is 0.107. The number of benzene rings is 1. The number of hydrogen-bond donors (Lipinski definition) is 2. The second kappa shape index (κ2) is 5.21. The van der Waals surface area contributed by atoms with Crippen LogP contribution in [0.3, 0.4) is 0 Å². The molecular formula is C13H20N2O. The molecule has 1 aliphatic rings. The maximum atomic E-state index is 5.85. The van der Waals surface area contributed by atoms with Gasteiger partial charge in [-0.05, 0) is 43.9 Å². The van der Waals surface area contributed by atoms with Crippen molar-refractivity contribution in [1.29, 1.82) is 0 Å². The fourth-order valence-electron chi connectivity index (χ4n) is 2.08. The van der Waals surface area contributed by atoms with Gasteiger partial charge < -0.3 is 15.8 Å². The van der Waals surface area contributed by atoms with E-state index in [1.807, 2.05) is 19.1 Å². The Balaban J connectivity index is 1.82. The molecule has 3 nitrogen and oxygen atoms in total. The van der Waals surface area contributed by atoms with Crippen LogP contribution in [0, 0.1) is 6.92 Å². The van der Waals surface area contributed by atoms with Gasteiger partial charge in [0.15, 0.2) is 0 Å². The van der Waals surface area contributed by atoms with Crippen LogP contribution < -0.4 is 11.1 Å². The standard InChI is InChI=1S/C13H20N2O/c1-10-12(14)5-2-6-13(10)15-8-7-11-4-3-9-16-11/h2,5-6,11,15H,3-4,7-9,14H2,1H3. The van der Waals surface area contributed by atoms with Crippen LogP contribution in [0.5, 0.6) is 0 Å². The van der Waals surface area contributed by atoms with Crippen LogP contribution in [-0.2, 0) is 4.74 Å². The zero-order valence-corrected chi connectivity index (χ0v) is 9.83. The molecule has 1 aliphatic heterocycles. The molecule has 1 heterocycles. The summed E-state index contributed by atoms with van der Waals surface area (Å²) < 4.78 is 5.58. The Bertz CT molecular complexity index is 346. The molecule has 88 valence electrons. The minimum absolute atomic E-state index is 0.453. The van der Waals surface area contributed by atoms with Crippen molar-refractivity contribution in [2.24, 2.45) is 0 Å². The first-order valence-corrected chi connectivity index (χ1v) is 5.98. The number of nitrogen functional groups attached to an aromatic ring is 1. The second-order valence-electron chi connectivity index (χ2n) is 4.37. The molecule has 0 bridgehead atoms. The average molecular weight is 220 g/mol. The van der Waals surface area contributed by atoms with Crippen LogP contribution in [0.2, 0.25) is 0 Å². The van der Waals surface area contributed by atoms with Crippen molar-refractivity contribution in [3.63, 3.8) is 0 Å². The van der Waals surface area contributed by atoms with Crippen molar-refractivity contribution in [2.75, 3.05) is 24.2 Å². The van der Waals surface area contributed by atoms with E-state index in [0.717, 1.165) is 36.5 Å². The van der Waals surface area contributed by atoms with Gasteiger partial charge in [0.25, 0.3) is 0 Å². The molecule has 1 unspecified atom stereocenters. The molecule has 1 atom stereocenters. The lowest BCUT2D eigenvalue weighted by Crippen LogP contribution is -2.13. The molecule has 0 aromatic heterocycles. The minimum Gasteiger partial charge on any atom is -0.398 e. The Kier molecular flexibility index (Phi) is 3.67. The van der Waals surface area contributed by atoms with Gasteiger partial charge in [0.05, 0.1) is 6.10 Å². The fourth-order valence-corrected chi connectivity index (χ4v) is 2.08. The van der Waals surface area contributed by atoms with Gasteiger partial charge in [0.2, 0.25) is 0 Å². The fraction of sp³-hybridized carbons (Fsp3) is 0.538. The number of hydrogen-bond acceptors (Lipinski definition) is 3. The predicted octanol–water partition coefficient (Wildman–Crippen LogP) is 2.56. The van der Waals surface area contributed by atoms with E-state index in [0.29, 0.717) is 6.10 Å². The molecular weight excluding hydrogens is 200 g/mol. The van der Waals surface area contributed by atoms with Crippen molar-refractivity contribution in [3.05, 3.63) is 23.8 Å². The van der Waals surface area contributed by atoms with E-state index >= 15 is 0 Å². The zero-order valence-electron chi connectivity index (χ0n) is 9.83. The van der Waals surface area contributed by atoms with Gasteiger partial charge in [0, 0.05) is 24.5 Å². The maximum Gasteiger partial charge on any atom is 0.0592 e. The van der Waals surface area contributed by atoms with Crippen LogP contribution in [0.15, 0.2) is 18.2 Å². The van der Waals surface area contributed by atoms with Gasteiger partial charge in [-0.1, -0.05) is 6.07 Å². The van der Waals surface area contributed by atoms with E-state index in [4.69, 9.17) is 10.5 Å². The van der Waals surface area contributed by atoms with Gasteiger partial charge in [-0.2, -0.15) is 0 Å². The number of rotatable bonds is 4. The van der Waals surface area contributed by atoms with Crippen LogP contribution in [0.4, 0.5) is 11.4 Å². The van der Waals surface area contributed by atoms with Crippen LogP contribution in [0.25, 0.3) is 0 Å². The van der Waals surface area contributed by atoms with Crippen molar-refractivity contribution in [1.82, 2.24) is 0 Å². The molecule has 0 aliphatic carbocycles. The van der Waals surface area contributed by atoms with Gasteiger partial charge in [-0.15, -0.1) is 0 Å². The molecule has 3 N–H and O–H groups in total. The highest BCUT2D eigenvalue weighted by molar-refractivity contribution is 5.62. The Morgan fingerprint density at radius 2 is 2.38 bits per heavy atom. The normalized spacial score (nSPS) is 19.9.